The highest BCUT2D eigenvalue weighted by atomic mass is 16.5. The van der Waals surface area contributed by atoms with Crippen LogP contribution in [0.15, 0.2) is 36.9 Å². The van der Waals surface area contributed by atoms with E-state index in [2.05, 4.69) is 10.2 Å². The van der Waals surface area contributed by atoms with Crippen LogP contribution < -0.4 is 0 Å². The maximum atomic E-state index is 12.7. The summed E-state index contributed by atoms with van der Waals surface area (Å²) in [4.78, 5) is 14.5. The van der Waals surface area contributed by atoms with Gasteiger partial charge >= 0.3 is 0 Å². The van der Waals surface area contributed by atoms with Crippen molar-refractivity contribution in [2.75, 3.05) is 32.9 Å². The average molecular weight is 314 g/mol. The van der Waals surface area contributed by atoms with Crippen molar-refractivity contribution in [3.63, 3.8) is 0 Å². The molecule has 0 radical (unpaired) electrons. The van der Waals surface area contributed by atoms with Gasteiger partial charge in [-0.1, -0.05) is 0 Å². The number of ether oxygens (including phenoxy) is 1. The second-order valence-corrected chi connectivity index (χ2v) is 6.33. The fraction of sp³-hybridized carbons (Fsp3) is 0.438. The van der Waals surface area contributed by atoms with Crippen LogP contribution in [0.5, 0.6) is 0 Å². The van der Waals surface area contributed by atoms with Crippen LogP contribution in [0, 0.1) is 11.3 Å². The number of amides is 1. The molecule has 1 amide bonds. The highest BCUT2D eigenvalue weighted by Crippen LogP contribution is 2.41. The minimum atomic E-state index is -0.280. The number of aliphatic hydroxyl groups excluding tert-OH is 1. The van der Waals surface area contributed by atoms with E-state index in [1.165, 1.54) is 0 Å². The third-order valence-electron chi connectivity index (χ3n) is 4.95. The Labute approximate surface area is 133 Å². The van der Waals surface area contributed by atoms with Gasteiger partial charge in [-0.25, -0.2) is 0 Å². The first-order valence-electron chi connectivity index (χ1n) is 7.65. The van der Waals surface area contributed by atoms with Crippen LogP contribution in [0.4, 0.5) is 0 Å². The van der Waals surface area contributed by atoms with Gasteiger partial charge in [0, 0.05) is 35.7 Å². The van der Waals surface area contributed by atoms with Crippen molar-refractivity contribution in [1.29, 1.82) is 0 Å². The third kappa shape index (κ3) is 2.32. The number of carbonyl (C=O) groups is 1. The van der Waals surface area contributed by atoms with Crippen LogP contribution in [0.1, 0.15) is 10.4 Å². The van der Waals surface area contributed by atoms with Gasteiger partial charge in [-0.3, -0.25) is 9.36 Å². The molecule has 2 aliphatic rings. The van der Waals surface area contributed by atoms with E-state index in [1.54, 1.807) is 17.2 Å². The zero-order chi connectivity index (χ0) is 15.9. The Morgan fingerprint density at radius 1 is 1.30 bits per heavy atom. The molecule has 2 atom stereocenters. The van der Waals surface area contributed by atoms with Gasteiger partial charge in [0.2, 0.25) is 0 Å². The molecule has 2 aromatic rings. The summed E-state index contributed by atoms with van der Waals surface area (Å²) in [6.07, 6.45) is 3.23. The van der Waals surface area contributed by atoms with Gasteiger partial charge in [0.15, 0.2) is 0 Å². The normalized spacial score (nSPS) is 26.5. The van der Waals surface area contributed by atoms with Crippen LogP contribution in [0.25, 0.3) is 5.69 Å². The summed E-state index contributed by atoms with van der Waals surface area (Å²) in [5.74, 6) is 0.232. The van der Waals surface area contributed by atoms with Gasteiger partial charge in [-0.15, -0.1) is 10.2 Å². The molecule has 7 nitrogen and oxygen atoms in total. The zero-order valence-electron chi connectivity index (χ0n) is 12.6. The monoisotopic (exact) mass is 314 g/mol. The van der Waals surface area contributed by atoms with Crippen molar-refractivity contribution >= 4 is 5.91 Å². The standard InChI is InChI=1S/C16H18N4O3/c21-8-16-7-19(5-13(16)6-23-9-16)15(22)12-1-3-14(4-2-12)20-10-17-18-11-20/h1-4,10-11,13,21H,5-9H2/t13-,16-/m0/s1. The molecule has 1 N–H and O–H groups in total. The summed E-state index contributed by atoms with van der Waals surface area (Å²) in [5, 5.41) is 17.2. The Morgan fingerprint density at radius 3 is 2.70 bits per heavy atom. The van der Waals surface area contributed by atoms with Gasteiger partial charge in [0.05, 0.1) is 19.8 Å². The molecule has 3 heterocycles. The first-order chi connectivity index (χ1) is 11.2. The predicted molar refractivity (Wildman–Crippen MR) is 81.1 cm³/mol. The highest BCUT2D eigenvalue weighted by molar-refractivity contribution is 5.94. The Bertz CT molecular complexity index is 701. The second kappa shape index (κ2) is 5.43. The SMILES string of the molecule is O=C(c1ccc(-n2cnnc2)cc1)N1C[C@H]2COC[C@@]2(CO)C1. The number of rotatable bonds is 3. The van der Waals surface area contributed by atoms with Crippen LogP contribution in [0.2, 0.25) is 0 Å². The lowest BCUT2D eigenvalue weighted by atomic mass is 9.82. The molecule has 0 unspecified atom stereocenters. The molecule has 2 aliphatic heterocycles. The van der Waals surface area contributed by atoms with Crippen molar-refractivity contribution in [2.24, 2.45) is 11.3 Å². The van der Waals surface area contributed by atoms with Crippen LogP contribution in [0.3, 0.4) is 0 Å². The van der Waals surface area contributed by atoms with Gasteiger partial charge in [0.1, 0.15) is 12.7 Å². The van der Waals surface area contributed by atoms with E-state index in [4.69, 9.17) is 4.74 Å². The fourth-order valence-corrected chi connectivity index (χ4v) is 3.50. The molecule has 1 aromatic carbocycles. The Hall–Kier alpha value is -2.25. The minimum Gasteiger partial charge on any atom is -0.396 e. The van der Waals surface area contributed by atoms with E-state index in [9.17, 15) is 9.90 Å². The zero-order valence-corrected chi connectivity index (χ0v) is 12.6. The van der Waals surface area contributed by atoms with E-state index >= 15 is 0 Å². The molecule has 23 heavy (non-hydrogen) atoms. The molecular formula is C16H18N4O3. The molecule has 4 rings (SSSR count). The predicted octanol–water partition coefficient (Wildman–Crippen LogP) is 0.348. The molecule has 2 saturated heterocycles. The van der Waals surface area contributed by atoms with E-state index in [1.807, 2.05) is 29.2 Å². The van der Waals surface area contributed by atoms with Crippen LogP contribution in [-0.4, -0.2) is 63.6 Å². The smallest absolute Gasteiger partial charge is 0.253 e. The first kappa shape index (κ1) is 14.3. The summed E-state index contributed by atoms with van der Waals surface area (Å²) in [6.45, 7) is 2.42. The summed E-state index contributed by atoms with van der Waals surface area (Å²) < 4.78 is 7.27. The molecule has 0 aliphatic carbocycles. The summed E-state index contributed by atoms with van der Waals surface area (Å²) in [6, 6.07) is 7.37. The lowest BCUT2D eigenvalue weighted by Gasteiger charge is -2.24. The first-order valence-corrected chi connectivity index (χ1v) is 7.65. The van der Waals surface area contributed by atoms with Crippen molar-refractivity contribution in [2.45, 2.75) is 0 Å². The quantitative estimate of drug-likeness (QED) is 0.884. The number of carbonyl (C=O) groups excluding carboxylic acids is 1. The molecule has 0 spiro atoms. The van der Waals surface area contributed by atoms with E-state index in [-0.39, 0.29) is 23.8 Å². The Balaban J connectivity index is 1.52. The van der Waals surface area contributed by atoms with Gasteiger partial charge in [-0.05, 0) is 24.3 Å². The number of likely N-dealkylation sites (tertiary alicyclic amines) is 1. The molecule has 0 saturated carbocycles. The lowest BCUT2D eigenvalue weighted by Crippen LogP contribution is -2.36. The second-order valence-electron chi connectivity index (χ2n) is 6.33. The van der Waals surface area contributed by atoms with Crippen molar-refractivity contribution in [3.8, 4) is 5.69 Å². The topological polar surface area (TPSA) is 80.5 Å². The van der Waals surface area contributed by atoms with Gasteiger partial charge in [0.25, 0.3) is 5.91 Å². The molecule has 7 heteroatoms. The van der Waals surface area contributed by atoms with Crippen molar-refractivity contribution < 1.29 is 14.6 Å². The van der Waals surface area contributed by atoms with Gasteiger partial charge in [-0.2, -0.15) is 0 Å². The molecule has 1 aromatic heterocycles. The number of hydrogen-bond acceptors (Lipinski definition) is 5. The average Bonchev–Trinajstić information content (AvgIpc) is 3.29. The number of nitrogens with zero attached hydrogens (tertiary/aromatic N) is 4. The molecular weight excluding hydrogens is 296 g/mol. The number of aliphatic hydroxyl groups is 1. The fourth-order valence-electron chi connectivity index (χ4n) is 3.50. The van der Waals surface area contributed by atoms with Crippen LogP contribution in [-0.2, 0) is 4.74 Å². The summed E-state index contributed by atoms with van der Waals surface area (Å²) >= 11 is 0. The summed E-state index contributed by atoms with van der Waals surface area (Å²) in [5.41, 5.74) is 1.28. The van der Waals surface area contributed by atoms with Gasteiger partial charge < -0.3 is 14.7 Å². The van der Waals surface area contributed by atoms with E-state index in [0.717, 1.165) is 5.69 Å². The molecule has 0 bridgehead atoms. The van der Waals surface area contributed by atoms with Crippen LogP contribution >= 0.6 is 0 Å². The summed E-state index contributed by atoms with van der Waals surface area (Å²) in [7, 11) is 0. The van der Waals surface area contributed by atoms with E-state index in [0.29, 0.717) is 31.9 Å². The maximum absolute atomic E-state index is 12.7. The number of hydrogen-bond donors (Lipinski definition) is 1. The Morgan fingerprint density at radius 2 is 2.04 bits per heavy atom. The highest BCUT2D eigenvalue weighted by Gasteiger charge is 2.51. The largest absolute Gasteiger partial charge is 0.396 e. The van der Waals surface area contributed by atoms with E-state index < -0.39 is 0 Å². The third-order valence-corrected chi connectivity index (χ3v) is 4.95. The Kier molecular flexibility index (Phi) is 3.39. The molecule has 120 valence electrons. The molecule has 2 fully saturated rings. The van der Waals surface area contributed by atoms with Crippen molar-refractivity contribution in [3.05, 3.63) is 42.5 Å². The number of aromatic nitrogens is 3. The number of fused-ring (bicyclic) bond motifs is 1. The lowest BCUT2D eigenvalue weighted by molar-refractivity contribution is 0.0631. The van der Waals surface area contributed by atoms with Crippen molar-refractivity contribution in [1.82, 2.24) is 19.7 Å². The maximum Gasteiger partial charge on any atom is 0.253 e. The minimum absolute atomic E-state index is 0.00234. The number of benzene rings is 1.